The third kappa shape index (κ3) is 6.11. The molecule has 1 unspecified atom stereocenters. The van der Waals surface area contributed by atoms with Gasteiger partial charge in [-0.05, 0) is 53.8 Å². The zero-order valence-corrected chi connectivity index (χ0v) is 18.8. The van der Waals surface area contributed by atoms with Crippen LogP contribution in [0.4, 0.5) is 0 Å². The number of carbonyl (C=O) groups excluding carboxylic acids is 1. The molecule has 1 atom stereocenters. The maximum absolute atomic E-state index is 12.4. The van der Waals surface area contributed by atoms with Crippen LogP contribution < -0.4 is 14.9 Å². The van der Waals surface area contributed by atoms with E-state index in [1.54, 1.807) is 13.1 Å². The summed E-state index contributed by atoms with van der Waals surface area (Å²) in [5.41, 5.74) is 4.35. The predicted octanol–water partition coefficient (Wildman–Crippen LogP) is 5.99. The van der Waals surface area contributed by atoms with Gasteiger partial charge in [0.15, 0.2) is 6.10 Å². The quantitative estimate of drug-likeness (QED) is 0.260. The van der Waals surface area contributed by atoms with Crippen molar-refractivity contribution in [1.29, 1.82) is 0 Å². The van der Waals surface area contributed by atoms with Crippen LogP contribution in [0.5, 0.6) is 11.5 Å². The maximum atomic E-state index is 12.4. The first-order chi connectivity index (χ1) is 16.1. The summed E-state index contributed by atoms with van der Waals surface area (Å²) < 4.78 is 11.7. The first kappa shape index (κ1) is 22.4. The predicted molar refractivity (Wildman–Crippen MR) is 132 cm³/mol. The van der Waals surface area contributed by atoms with Gasteiger partial charge in [0.05, 0.1) is 6.21 Å². The van der Waals surface area contributed by atoms with E-state index >= 15 is 0 Å². The van der Waals surface area contributed by atoms with Crippen molar-refractivity contribution in [1.82, 2.24) is 5.43 Å². The van der Waals surface area contributed by atoms with Crippen LogP contribution in [0.1, 0.15) is 18.1 Å². The number of halogens is 1. The number of carbonyl (C=O) groups is 1. The Labute approximate surface area is 197 Å². The molecule has 0 heterocycles. The summed E-state index contributed by atoms with van der Waals surface area (Å²) in [6.07, 6.45) is 0.861. The van der Waals surface area contributed by atoms with Gasteiger partial charge in [-0.1, -0.05) is 72.3 Å². The van der Waals surface area contributed by atoms with Gasteiger partial charge in [0.2, 0.25) is 0 Å². The van der Waals surface area contributed by atoms with Gasteiger partial charge in [0.1, 0.15) is 18.1 Å². The van der Waals surface area contributed by atoms with Crippen molar-refractivity contribution in [2.45, 2.75) is 19.6 Å². The topological polar surface area (TPSA) is 59.9 Å². The number of amides is 1. The second kappa shape index (κ2) is 10.7. The summed E-state index contributed by atoms with van der Waals surface area (Å²) in [6.45, 7) is 2.12. The van der Waals surface area contributed by atoms with E-state index in [1.807, 2.05) is 91.0 Å². The van der Waals surface area contributed by atoms with Crippen molar-refractivity contribution in [3.05, 3.63) is 107 Å². The number of benzene rings is 4. The molecule has 1 N–H and O–H groups in total. The number of rotatable bonds is 8. The van der Waals surface area contributed by atoms with Crippen LogP contribution in [-0.2, 0) is 11.4 Å². The molecule has 0 aliphatic rings. The van der Waals surface area contributed by atoms with Crippen LogP contribution in [0, 0.1) is 0 Å². The van der Waals surface area contributed by atoms with Crippen LogP contribution in [-0.4, -0.2) is 18.2 Å². The molecule has 0 radical (unpaired) electrons. The lowest BCUT2D eigenvalue weighted by molar-refractivity contribution is -0.127. The van der Waals surface area contributed by atoms with Crippen LogP contribution in [0.15, 0.2) is 96.1 Å². The fourth-order valence-electron chi connectivity index (χ4n) is 3.24. The molecule has 166 valence electrons. The van der Waals surface area contributed by atoms with Gasteiger partial charge in [0, 0.05) is 10.4 Å². The molecule has 0 fully saturated rings. The second-order valence-electron chi connectivity index (χ2n) is 7.46. The van der Waals surface area contributed by atoms with Crippen molar-refractivity contribution in [2.24, 2.45) is 5.10 Å². The Hall–Kier alpha value is -3.83. The smallest absolute Gasteiger partial charge is 0.280 e. The Bertz CT molecular complexity index is 1270. The SMILES string of the molecule is CC(Oc1cccc2ccccc12)C(=O)N/N=C/c1cccc(OCc2ccc(Cl)cc2)c1. The average Bonchev–Trinajstić information content (AvgIpc) is 2.84. The Morgan fingerprint density at radius 2 is 1.76 bits per heavy atom. The van der Waals surface area contributed by atoms with Crippen molar-refractivity contribution in [2.75, 3.05) is 0 Å². The standard InChI is InChI=1S/C27H23ClN2O3/c1-19(33-26-11-5-8-22-7-2-3-10-25(22)26)27(31)30-29-17-21-6-4-9-24(16-21)32-18-20-12-14-23(28)15-13-20/h2-17,19H,18H2,1H3,(H,30,31)/b29-17+. The Morgan fingerprint density at radius 1 is 1.00 bits per heavy atom. The zero-order chi connectivity index (χ0) is 23.0. The lowest BCUT2D eigenvalue weighted by Crippen LogP contribution is -2.33. The van der Waals surface area contributed by atoms with E-state index in [0.717, 1.165) is 21.9 Å². The first-order valence-electron chi connectivity index (χ1n) is 10.5. The fraction of sp³-hybridized carbons (Fsp3) is 0.111. The van der Waals surface area contributed by atoms with Crippen LogP contribution in [0.3, 0.4) is 0 Å². The average molecular weight is 459 g/mol. The maximum Gasteiger partial charge on any atom is 0.280 e. The third-order valence-electron chi connectivity index (χ3n) is 4.99. The van der Waals surface area contributed by atoms with Gasteiger partial charge in [0.25, 0.3) is 5.91 Å². The molecule has 33 heavy (non-hydrogen) atoms. The Kier molecular flexibility index (Phi) is 7.22. The normalized spacial score (nSPS) is 11.9. The van der Waals surface area contributed by atoms with Gasteiger partial charge < -0.3 is 9.47 Å². The third-order valence-corrected chi connectivity index (χ3v) is 5.24. The number of hydrogen-bond acceptors (Lipinski definition) is 4. The highest BCUT2D eigenvalue weighted by molar-refractivity contribution is 6.30. The van der Waals surface area contributed by atoms with Crippen LogP contribution in [0.2, 0.25) is 5.02 Å². The number of fused-ring (bicyclic) bond motifs is 1. The van der Waals surface area contributed by atoms with Crippen molar-refractivity contribution >= 4 is 34.5 Å². The molecule has 0 aliphatic heterocycles. The van der Waals surface area contributed by atoms with E-state index in [-0.39, 0.29) is 5.91 Å². The molecular formula is C27H23ClN2O3. The number of nitrogens with one attached hydrogen (secondary N) is 1. The molecule has 0 saturated carbocycles. The summed E-state index contributed by atoms with van der Waals surface area (Å²) in [7, 11) is 0. The molecular weight excluding hydrogens is 436 g/mol. The fourth-order valence-corrected chi connectivity index (χ4v) is 3.36. The Balaban J connectivity index is 1.32. The summed E-state index contributed by atoms with van der Waals surface area (Å²) in [5, 5.41) is 6.76. The molecule has 0 aromatic heterocycles. The minimum Gasteiger partial charge on any atom is -0.489 e. The molecule has 0 saturated heterocycles. The summed E-state index contributed by atoms with van der Waals surface area (Å²) in [4.78, 5) is 12.4. The summed E-state index contributed by atoms with van der Waals surface area (Å²) >= 11 is 5.91. The number of nitrogens with zero attached hydrogens (tertiary/aromatic N) is 1. The van der Waals surface area contributed by atoms with Crippen molar-refractivity contribution < 1.29 is 14.3 Å². The lowest BCUT2D eigenvalue weighted by atomic mass is 10.1. The molecule has 1 amide bonds. The van der Waals surface area contributed by atoms with E-state index in [9.17, 15) is 4.79 Å². The Morgan fingerprint density at radius 3 is 2.61 bits per heavy atom. The van der Waals surface area contributed by atoms with E-state index in [2.05, 4.69) is 10.5 Å². The molecule has 0 aliphatic carbocycles. The highest BCUT2D eigenvalue weighted by Crippen LogP contribution is 2.26. The zero-order valence-electron chi connectivity index (χ0n) is 18.1. The molecule has 4 aromatic carbocycles. The largest absolute Gasteiger partial charge is 0.489 e. The number of hydrogen-bond donors (Lipinski definition) is 1. The molecule has 0 spiro atoms. The molecule has 4 aromatic rings. The first-order valence-corrected chi connectivity index (χ1v) is 10.9. The van der Waals surface area contributed by atoms with E-state index < -0.39 is 6.10 Å². The molecule has 5 nitrogen and oxygen atoms in total. The van der Waals surface area contributed by atoms with Gasteiger partial charge >= 0.3 is 0 Å². The number of hydrazone groups is 1. The highest BCUT2D eigenvalue weighted by atomic mass is 35.5. The minimum atomic E-state index is -0.706. The second-order valence-corrected chi connectivity index (χ2v) is 7.90. The van der Waals surface area contributed by atoms with Crippen LogP contribution in [0.25, 0.3) is 10.8 Å². The summed E-state index contributed by atoms with van der Waals surface area (Å²) in [6, 6.07) is 28.6. The van der Waals surface area contributed by atoms with Gasteiger partial charge in [-0.25, -0.2) is 5.43 Å². The lowest BCUT2D eigenvalue weighted by Gasteiger charge is -2.14. The van der Waals surface area contributed by atoms with Crippen LogP contribution >= 0.6 is 11.6 Å². The molecule has 6 heteroatoms. The highest BCUT2D eigenvalue weighted by Gasteiger charge is 2.15. The van der Waals surface area contributed by atoms with E-state index in [1.165, 1.54) is 0 Å². The van der Waals surface area contributed by atoms with Gasteiger partial charge in [-0.3, -0.25) is 4.79 Å². The van der Waals surface area contributed by atoms with Gasteiger partial charge in [-0.2, -0.15) is 5.10 Å². The van der Waals surface area contributed by atoms with Crippen molar-refractivity contribution in [3.8, 4) is 11.5 Å². The minimum absolute atomic E-state index is 0.339. The number of ether oxygens (including phenoxy) is 2. The van der Waals surface area contributed by atoms with Crippen molar-refractivity contribution in [3.63, 3.8) is 0 Å². The molecule has 4 rings (SSSR count). The summed E-state index contributed by atoms with van der Waals surface area (Å²) in [5.74, 6) is 1.02. The van der Waals surface area contributed by atoms with Gasteiger partial charge in [-0.15, -0.1) is 0 Å². The molecule has 0 bridgehead atoms. The van der Waals surface area contributed by atoms with E-state index in [4.69, 9.17) is 21.1 Å². The van der Waals surface area contributed by atoms with E-state index in [0.29, 0.717) is 23.1 Å². The monoisotopic (exact) mass is 458 g/mol.